The summed E-state index contributed by atoms with van der Waals surface area (Å²) in [5.74, 6) is -1.29. The number of fused-ring (bicyclic) bond motifs is 15. The largest absolute Gasteiger partial charge is 0.462 e. The summed E-state index contributed by atoms with van der Waals surface area (Å²) in [6.07, 6.45) is 1.02. The molecule has 15 heterocycles. The zero-order valence-electron chi connectivity index (χ0n) is 83.2. The number of likely N-dealkylation sites (N-methyl/N-ethyl adjacent to an activating group) is 3. The number of nitrogens with zero attached hydrogens (tertiary/aromatic N) is 10. The number of nitrogens with two attached hydrogens (primary N) is 2. The first-order valence-corrected chi connectivity index (χ1v) is 48.3. The van der Waals surface area contributed by atoms with E-state index in [9.17, 15) is 33.6 Å². The lowest BCUT2D eigenvalue weighted by Gasteiger charge is -2.55. The van der Waals surface area contributed by atoms with Crippen molar-refractivity contribution in [3.8, 4) is 0 Å². The van der Waals surface area contributed by atoms with Gasteiger partial charge in [0.25, 0.3) is 11.8 Å². The Labute approximate surface area is 764 Å². The second-order valence-corrected chi connectivity index (χ2v) is 47.5. The van der Waals surface area contributed by atoms with Crippen LogP contribution in [0, 0.1) is 27.1 Å². The van der Waals surface area contributed by atoms with E-state index in [0.717, 1.165) is 157 Å². The van der Waals surface area contributed by atoms with E-state index in [0.29, 0.717) is 36.2 Å². The fraction of sp³-hybridized carbons (Fsp3) is 0.699. The van der Waals surface area contributed by atoms with E-state index >= 15 is 0 Å². The lowest BCUT2D eigenvalue weighted by atomic mass is 9.90. The van der Waals surface area contributed by atoms with E-state index in [-0.39, 0.29) is 99.3 Å². The van der Waals surface area contributed by atoms with Crippen molar-refractivity contribution in [2.75, 3.05) is 237 Å². The van der Waals surface area contributed by atoms with Gasteiger partial charge in [0.2, 0.25) is 0 Å². The number of hydrogen-bond acceptors (Lipinski definition) is 12. The highest BCUT2D eigenvalue weighted by atomic mass is 16.6. The van der Waals surface area contributed by atoms with E-state index in [1.54, 1.807) is 0 Å². The predicted molar refractivity (Wildman–Crippen MR) is 502 cm³/mol. The molecule has 19 rings (SSSR count). The number of rotatable bonds is 25. The predicted octanol–water partition coefficient (Wildman–Crippen LogP) is 12.0. The SMILES string of the molecule is C[C@@H](OC(=O)CCC[N+]12CC[N+](C)(CC1)CC2)C(C)(C)C.C[C@@H](OC(=O)c1cccc(C[N+]23CC[N+](C)(CC2)CC3)c1)C(C)(C)C.C[C@@H](OC(=O)c1cccc(C[N+]23CC[N+](CC(N)=O)(CC2)CC3)c1)C(C)(C)C.C[C@@H](OC(=O)c1ccccc1C[N+]12CC[N+](C)(CC1)CC2)C(C)(C)C.C[C@@H](OC(=O)c1ccccc1C[N+]12CC[N+](CC(N)=O)(CC1)CC2)C(C)(C)C. The van der Waals surface area contributed by atoms with Crippen molar-refractivity contribution >= 4 is 41.7 Å². The molecule has 2 amide bonds. The summed E-state index contributed by atoms with van der Waals surface area (Å²) in [5, 5.41) is 0. The maximum absolute atomic E-state index is 12.9. The molecule has 24 nitrogen and oxygen atoms in total. The van der Waals surface area contributed by atoms with Gasteiger partial charge >= 0.3 is 29.8 Å². The summed E-state index contributed by atoms with van der Waals surface area (Å²) in [5.41, 5.74) is 18.1. The Balaban J connectivity index is 0.000000166. The van der Waals surface area contributed by atoms with E-state index in [1.165, 1.54) is 151 Å². The number of quaternary nitrogens is 10. The summed E-state index contributed by atoms with van der Waals surface area (Å²) in [6, 6.07) is 31.8. The molecule has 127 heavy (non-hydrogen) atoms. The van der Waals surface area contributed by atoms with Crippen molar-refractivity contribution in [2.45, 2.75) is 208 Å². The van der Waals surface area contributed by atoms with E-state index < -0.39 is 0 Å². The van der Waals surface area contributed by atoms with Crippen LogP contribution in [0.15, 0.2) is 97.1 Å². The van der Waals surface area contributed by atoms with Crippen LogP contribution in [0.4, 0.5) is 0 Å². The van der Waals surface area contributed by atoms with E-state index in [2.05, 4.69) is 149 Å². The van der Waals surface area contributed by atoms with Gasteiger partial charge in [-0.1, -0.05) is 165 Å². The third-order valence-electron chi connectivity index (χ3n) is 32.7. The first-order chi connectivity index (χ1) is 58.9. The molecule has 706 valence electrons. The van der Waals surface area contributed by atoms with Gasteiger partial charge in [0.05, 0.1) is 56.4 Å². The standard InChI is InChI=1S/2C22H34N3O3.2C21H34N2O2.C17H34N2O2/c1-17(22(2,3)4)28-21(27)19-7-5-6-18(14-19)15-24-8-11-25(12-9-24,13-10-24)16-20(23)26;1-17(22(2,3)4)28-21(27)19-8-6-5-7-18(19)15-24-9-12-25(13-10-24,14-11-24)16-20(23)26;1-17(21(2,3)4)25-20(24)19-8-6-7-18(15-19)16-23-12-9-22(5,10-13-23)11-14-23;1-17(21(2,3)4)25-20(24)19-9-7-6-8-18(19)16-23-13-10-22(5,11-14-23)12-15-23;1-15(17(2,3)4)21-16(20)7-6-8-19-12-9-18(5,10-13-19)11-14-19/h5-7,14,17H,8-13,15-16H2,1-4H3,(H-,23,26);5-8,17H,9-16H2,1-4H3,(H-,23,26);6-8,15,17H,9-14,16H2,1-5H3;6-9,17H,10-16H2,1-5H3;15H,6-14H2,1-5H3/q2*+1;3*+2/p+2/t2*17-,24?,25?;2*17-,22?,23?;15-,18?,19?/m11111/s1. The van der Waals surface area contributed by atoms with Crippen molar-refractivity contribution in [1.29, 1.82) is 0 Å². The first kappa shape index (κ1) is 102. The van der Waals surface area contributed by atoms with Gasteiger partial charge in [0, 0.05) is 28.7 Å². The smallest absolute Gasteiger partial charge is 0.338 e. The number of amides is 2. The number of hydrogen-bond donors (Lipinski definition) is 2. The minimum Gasteiger partial charge on any atom is -0.462 e. The molecule has 0 radical (unpaired) electrons. The third-order valence-corrected chi connectivity index (χ3v) is 32.7. The van der Waals surface area contributed by atoms with Gasteiger partial charge in [0.15, 0.2) is 13.1 Å². The van der Waals surface area contributed by atoms with Crippen molar-refractivity contribution < 1.29 is 102 Å². The molecule has 0 aliphatic carbocycles. The van der Waals surface area contributed by atoms with E-state index in [4.69, 9.17) is 35.2 Å². The average molecular weight is 1770 g/mol. The monoisotopic (exact) mass is 1770 g/mol. The number of benzene rings is 4. The molecule has 15 fully saturated rings. The Morgan fingerprint density at radius 2 is 0.543 bits per heavy atom. The normalized spacial score (nSPS) is 29.8. The van der Waals surface area contributed by atoms with Gasteiger partial charge in [-0.2, -0.15) is 0 Å². The number of piperazine rings is 15. The Hall–Kier alpha value is -7.23. The maximum atomic E-state index is 12.9. The highest BCUT2D eigenvalue weighted by molar-refractivity contribution is 5.92. The highest BCUT2D eigenvalue weighted by Gasteiger charge is 2.54. The van der Waals surface area contributed by atoms with Gasteiger partial charge in [-0.25, -0.2) is 19.2 Å². The molecule has 0 unspecified atom stereocenters. The summed E-state index contributed by atoms with van der Waals surface area (Å²) in [6.45, 7) is 82.1. The van der Waals surface area contributed by atoms with Crippen LogP contribution >= 0.6 is 0 Å². The average Bonchev–Trinajstić information content (AvgIpc) is 0.766. The Morgan fingerprint density at radius 3 is 0.827 bits per heavy atom. The zero-order valence-corrected chi connectivity index (χ0v) is 83.2. The van der Waals surface area contributed by atoms with Crippen LogP contribution in [0.2, 0.25) is 0 Å². The molecule has 4 aromatic rings. The molecule has 24 heteroatoms. The topological polar surface area (TPSA) is 218 Å². The van der Waals surface area contributed by atoms with Crippen LogP contribution in [-0.4, -0.2) is 354 Å². The lowest BCUT2D eigenvalue weighted by molar-refractivity contribution is -1.08. The molecule has 4 aromatic carbocycles. The van der Waals surface area contributed by atoms with Gasteiger partial charge in [0.1, 0.15) is 253 Å². The molecule has 0 saturated carbocycles. The molecule has 0 aromatic heterocycles. The molecule has 15 saturated heterocycles. The van der Waals surface area contributed by atoms with E-state index in [1.807, 2.05) is 107 Å². The van der Waals surface area contributed by atoms with Crippen molar-refractivity contribution in [2.24, 2.45) is 38.5 Å². The van der Waals surface area contributed by atoms with Crippen LogP contribution in [-0.2, 0) is 64.2 Å². The molecular weight excluding hydrogens is 1600 g/mol. The first-order valence-electron chi connectivity index (χ1n) is 48.3. The second kappa shape index (κ2) is 40.1. The van der Waals surface area contributed by atoms with Crippen LogP contribution in [0.3, 0.4) is 0 Å². The number of esters is 5. The van der Waals surface area contributed by atoms with Gasteiger partial charge in [-0.05, 0) is 98.1 Å². The molecule has 10 bridgehead atoms. The molecule has 15 aliphatic heterocycles. The summed E-state index contributed by atoms with van der Waals surface area (Å²) < 4.78 is 39.4. The van der Waals surface area contributed by atoms with Crippen LogP contribution in [0.5, 0.6) is 0 Å². The van der Waals surface area contributed by atoms with Gasteiger partial charge in [-0.3, -0.25) is 14.4 Å². The molecule has 15 aliphatic rings. The lowest BCUT2D eigenvalue weighted by Crippen LogP contribution is -2.75. The fourth-order valence-corrected chi connectivity index (χ4v) is 19.8. The number of ether oxygens (including phenoxy) is 5. The van der Waals surface area contributed by atoms with Gasteiger partial charge in [-0.15, -0.1) is 0 Å². The zero-order chi connectivity index (χ0) is 93.5. The van der Waals surface area contributed by atoms with Crippen LogP contribution in [0.25, 0.3) is 0 Å². The van der Waals surface area contributed by atoms with Crippen molar-refractivity contribution in [3.05, 3.63) is 142 Å². The molecular formula is C103H172N12O12+10. The van der Waals surface area contributed by atoms with Gasteiger partial charge < -0.3 is 80.0 Å². The molecule has 0 spiro atoms. The Bertz CT molecular complexity index is 4340. The summed E-state index contributed by atoms with van der Waals surface area (Å²) >= 11 is 0. The third kappa shape index (κ3) is 27.5. The van der Waals surface area contributed by atoms with Crippen LogP contribution in [0.1, 0.15) is 215 Å². The number of carbonyl (C=O) groups excluding carboxylic acids is 7. The fourth-order valence-electron chi connectivity index (χ4n) is 19.8. The maximum Gasteiger partial charge on any atom is 0.338 e. The Kier molecular flexibility index (Phi) is 32.1. The van der Waals surface area contributed by atoms with Crippen molar-refractivity contribution in [1.82, 2.24) is 0 Å². The Morgan fingerprint density at radius 1 is 0.299 bits per heavy atom. The number of carbonyl (C=O) groups is 7. The summed E-state index contributed by atoms with van der Waals surface area (Å²) in [4.78, 5) is 85.6. The minimum atomic E-state index is -0.251. The summed E-state index contributed by atoms with van der Waals surface area (Å²) in [7, 11) is 7.16. The molecule has 4 N–H and O–H groups in total. The quantitative estimate of drug-likeness (QED) is 0.0360. The van der Waals surface area contributed by atoms with Crippen LogP contribution < -0.4 is 11.5 Å². The highest BCUT2D eigenvalue weighted by Crippen LogP contribution is 2.37. The second-order valence-electron chi connectivity index (χ2n) is 47.5. The minimum absolute atomic E-state index is 0.0139. The number of primary amides is 2. The molecule has 5 atom stereocenters. The van der Waals surface area contributed by atoms with Crippen molar-refractivity contribution in [3.63, 3.8) is 0 Å².